The highest BCUT2D eigenvalue weighted by Gasteiger charge is 2.42. The van der Waals surface area contributed by atoms with Gasteiger partial charge < -0.3 is 20.6 Å². The lowest BCUT2D eigenvalue weighted by molar-refractivity contribution is 0.0541. The summed E-state index contributed by atoms with van der Waals surface area (Å²) >= 11 is 0. The molecule has 1 aromatic carbocycles. The Labute approximate surface area is 163 Å². The topological polar surface area (TPSA) is 94.6 Å². The SMILES string of the molecule is O=C(Nc1ccc(CNC(=O)N2C3CCC2CC(O)C3)cc1)c1cccnc1. The molecule has 0 aliphatic carbocycles. The van der Waals surface area contributed by atoms with Gasteiger partial charge in [-0.1, -0.05) is 12.1 Å². The Kier molecular flexibility index (Phi) is 5.25. The molecule has 146 valence electrons. The van der Waals surface area contributed by atoms with Crippen molar-refractivity contribution in [2.75, 3.05) is 5.32 Å². The van der Waals surface area contributed by atoms with Gasteiger partial charge in [-0.2, -0.15) is 0 Å². The average Bonchev–Trinajstić information content (AvgIpc) is 2.99. The molecule has 2 unspecified atom stereocenters. The second kappa shape index (κ2) is 7.98. The van der Waals surface area contributed by atoms with Crippen molar-refractivity contribution in [1.82, 2.24) is 15.2 Å². The molecule has 2 fully saturated rings. The molecule has 7 heteroatoms. The molecule has 2 saturated heterocycles. The lowest BCUT2D eigenvalue weighted by atomic mass is 10.0. The van der Waals surface area contributed by atoms with Gasteiger partial charge in [-0.05, 0) is 55.5 Å². The minimum absolute atomic E-state index is 0.0617. The smallest absolute Gasteiger partial charge is 0.318 e. The number of rotatable bonds is 4. The van der Waals surface area contributed by atoms with Gasteiger partial charge in [-0.3, -0.25) is 9.78 Å². The highest BCUT2D eigenvalue weighted by Crippen LogP contribution is 2.35. The number of carbonyl (C=O) groups is 2. The maximum atomic E-state index is 12.6. The second-order valence-corrected chi connectivity index (χ2v) is 7.47. The number of nitrogens with zero attached hydrogens (tertiary/aromatic N) is 2. The summed E-state index contributed by atoms with van der Waals surface area (Å²) in [5.74, 6) is -0.211. The third-order valence-electron chi connectivity index (χ3n) is 5.52. The number of piperidine rings is 1. The largest absolute Gasteiger partial charge is 0.393 e. The van der Waals surface area contributed by atoms with Crippen LogP contribution in [0.5, 0.6) is 0 Å². The van der Waals surface area contributed by atoms with Gasteiger partial charge in [0.15, 0.2) is 0 Å². The van der Waals surface area contributed by atoms with Crippen LogP contribution < -0.4 is 10.6 Å². The Morgan fingerprint density at radius 3 is 2.46 bits per heavy atom. The molecular formula is C21H24N4O3. The number of nitrogens with one attached hydrogen (secondary N) is 2. The summed E-state index contributed by atoms with van der Waals surface area (Å²) in [7, 11) is 0. The van der Waals surface area contributed by atoms with Crippen molar-refractivity contribution in [3.63, 3.8) is 0 Å². The lowest BCUT2D eigenvalue weighted by Gasteiger charge is -2.37. The first kappa shape index (κ1) is 18.4. The molecule has 3 N–H and O–H groups in total. The number of hydrogen-bond donors (Lipinski definition) is 3. The molecule has 2 aliphatic rings. The lowest BCUT2D eigenvalue weighted by Crippen LogP contribution is -2.51. The van der Waals surface area contributed by atoms with Gasteiger partial charge in [-0.15, -0.1) is 0 Å². The Hall–Kier alpha value is -2.93. The second-order valence-electron chi connectivity index (χ2n) is 7.47. The van der Waals surface area contributed by atoms with Crippen LogP contribution in [-0.4, -0.2) is 45.1 Å². The highest BCUT2D eigenvalue weighted by atomic mass is 16.3. The van der Waals surface area contributed by atoms with E-state index in [1.54, 1.807) is 18.3 Å². The van der Waals surface area contributed by atoms with Crippen molar-refractivity contribution in [3.8, 4) is 0 Å². The van der Waals surface area contributed by atoms with Crippen LogP contribution in [-0.2, 0) is 6.54 Å². The van der Waals surface area contributed by atoms with Gasteiger partial charge >= 0.3 is 6.03 Å². The van der Waals surface area contributed by atoms with Gasteiger partial charge in [0.2, 0.25) is 0 Å². The van der Waals surface area contributed by atoms with E-state index in [9.17, 15) is 14.7 Å². The molecule has 2 aliphatic heterocycles. The van der Waals surface area contributed by atoms with Crippen molar-refractivity contribution in [3.05, 3.63) is 59.9 Å². The number of aliphatic hydroxyl groups excluding tert-OH is 1. The fraction of sp³-hybridized carbons (Fsp3) is 0.381. The molecule has 0 spiro atoms. The standard InChI is InChI=1S/C21H24N4O3/c26-19-10-17-7-8-18(11-19)25(17)21(28)23-12-14-3-5-16(6-4-14)24-20(27)15-2-1-9-22-13-15/h1-6,9,13,17-19,26H,7-8,10-12H2,(H,23,28)(H,24,27). The van der Waals surface area contributed by atoms with E-state index in [1.165, 1.54) is 6.20 Å². The number of fused-ring (bicyclic) bond motifs is 2. The zero-order valence-electron chi connectivity index (χ0n) is 15.5. The van der Waals surface area contributed by atoms with Crippen molar-refractivity contribution in [2.45, 2.75) is 50.4 Å². The van der Waals surface area contributed by atoms with Crippen molar-refractivity contribution < 1.29 is 14.7 Å². The molecule has 2 atom stereocenters. The Morgan fingerprint density at radius 2 is 1.82 bits per heavy atom. The number of carbonyl (C=O) groups excluding carboxylic acids is 2. The van der Waals surface area contributed by atoms with Crippen LogP contribution in [0.2, 0.25) is 0 Å². The van der Waals surface area contributed by atoms with Crippen LogP contribution in [0, 0.1) is 0 Å². The number of benzene rings is 1. The van der Waals surface area contributed by atoms with Crippen LogP contribution in [0.1, 0.15) is 41.6 Å². The number of urea groups is 1. The summed E-state index contributed by atoms with van der Waals surface area (Å²) in [6.45, 7) is 0.425. The minimum atomic E-state index is -0.282. The van der Waals surface area contributed by atoms with Crippen molar-refractivity contribution >= 4 is 17.6 Å². The molecule has 3 amide bonds. The van der Waals surface area contributed by atoms with Gasteiger partial charge in [0, 0.05) is 36.7 Å². The molecule has 3 heterocycles. The number of pyridine rings is 1. The van der Waals surface area contributed by atoms with Crippen LogP contribution in [0.3, 0.4) is 0 Å². The summed E-state index contributed by atoms with van der Waals surface area (Å²) in [6.07, 6.45) is 6.16. The van der Waals surface area contributed by atoms with Crippen LogP contribution in [0.25, 0.3) is 0 Å². The number of aromatic nitrogens is 1. The molecule has 7 nitrogen and oxygen atoms in total. The molecular weight excluding hydrogens is 356 g/mol. The maximum absolute atomic E-state index is 12.6. The molecule has 1 aromatic heterocycles. The monoisotopic (exact) mass is 380 g/mol. The zero-order chi connectivity index (χ0) is 19.5. The molecule has 0 radical (unpaired) electrons. The predicted octanol–water partition coefficient (Wildman–Crippen LogP) is 2.53. The normalized spacial score (nSPS) is 23.3. The van der Waals surface area contributed by atoms with Crippen LogP contribution in [0.15, 0.2) is 48.8 Å². The number of hydrogen-bond acceptors (Lipinski definition) is 4. The van der Waals surface area contributed by atoms with E-state index in [0.29, 0.717) is 30.6 Å². The fourth-order valence-electron chi connectivity index (χ4n) is 4.16. The molecule has 2 bridgehead atoms. The summed E-state index contributed by atoms with van der Waals surface area (Å²) in [5, 5.41) is 15.7. The quantitative estimate of drug-likeness (QED) is 0.760. The maximum Gasteiger partial charge on any atom is 0.318 e. The van der Waals surface area contributed by atoms with E-state index in [-0.39, 0.29) is 30.1 Å². The first-order valence-electron chi connectivity index (χ1n) is 9.64. The molecule has 2 aromatic rings. The highest BCUT2D eigenvalue weighted by molar-refractivity contribution is 6.04. The van der Waals surface area contributed by atoms with E-state index < -0.39 is 0 Å². The van der Waals surface area contributed by atoms with Crippen LogP contribution >= 0.6 is 0 Å². The fourth-order valence-corrected chi connectivity index (χ4v) is 4.16. The number of anilines is 1. The third kappa shape index (κ3) is 3.99. The van der Waals surface area contributed by atoms with Crippen molar-refractivity contribution in [2.24, 2.45) is 0 Å². The van der Waals surface area contributed by atoms with Gasteiger partial charge in [-0.25, -0.2) is 4.79 Å². The van der Waals surface area contributed by atoms with Crippen LogP contribution in [0.4, 0.5) is 10.5 Å². The first-order chi connectivity index (χ1) is 13.6. The molecule has 4 rings (SSSR count). The molecule has 28 heavy (non-hydrogen) atoms. The van der Waals surface area contributed by atoms with E-state index >= 15 is 0 Å². The number of aliphatic hydroxyl groups is 1. The summed E-state index contributed by atoms with van der Waals surface area (Å²) < 4.78 is 0. The Morgan fingerprint density at radius 1 is 1.11 bits per heavy atom. The summed E-state index contributed by atoms with van der Waals surface area (Å²) in [5.41, 5.74) is 2.14. The third-order valence-corrected chi connectivity index (χ3v) is 5.52. The summed E-state index contributed by atoms with van der Waals surface area (Å²) in [4.78, 5) is 30.6. The number of amides is 3. The Balaban J connectivity index is 1.30. The summed E-state index contributed by atoms with van der Waals surface area (Å²) in [6, 6.07) is 11.1. The predicted molar refractivity (Wildman–Crippen MR) is 105 cm³/mol. The van der Waals surface area contributed by atoms with E-state index in [2.05, 4.69) is 15.6 Å². The van der Waals surface area contributed by atoms with E-state index in [4.69, 9.17) is 0 Å². The van der Waals surface area contributed by atoms with Gasteiger partial charge in [0.05, 0.1) is 11.7 Å². The average molecular weight is 380 g/mol. The Bertz CT molecular complexity index is 826. The minimum Gasteiger partial charge on any atom is -0.393 e. The zero-order valence-corrected chi connectivity index (χ0v) is 15.5. The van der Waals surface area contributed by atoms with E-state index in [0.717, 1.165) is 18.4 Å². The molecule has 0 saturated carbocycles. The van der Waals surface area contributed by atoms with E-state index in [1.807, 2.05) is 29.2 Å². The first-order valence-corrected chi connectivity index (χ1v) is 9.64. The van der Waals surface area contributed by atoms with Gasteiger partial charge in [0.25, 0.3) is 5.91 Å². The van der Waals surface area contributed by atoms with Crippen molar-refractivity contribution in [1.29, 1.82) is 0 Å². The van der Waals surface area contributed by atoms with Gasteiger partial charge in [0.1, 0.15) is 0 Å².